The van der Waals surface area contributed by atoms with E-state index in [9.17, 15) is 12.9 Å². The van der Waals surface area contributed by atoms with Crippen molar-refractivity contribution in [3.05, 3.63) is 41.4 Å². The molecule has 0 bridgehead atoms. The van der Waals surface area contributed by atoms with Gasteiger partial charge in [-0.25, -0.2) is 0 Å². The van der Waals surface area contributed by atoms with E-state index in [2.05, 4.69) is 6.58 Å². The fraction of sp³-hybridized carbons (Fsp3) is 0.467. The molecule has 21 heavy (non-hydrogen) atoms. The van der Waals surface area contributed by atoms with Gasteiger partial charge in [0.25, 0.3) is 0 Å². The summed E-state index contributed by atoms with van der Waals surface area (Å²) in [7, 11) is 0. The molecule has 0 aromatic heterocycles. The maximum atomic E-state index is 12.5. The Hall–Kier alpha value is 0.251. The Kier molecular flexibility index (Phi) is 8.30. The number of hydrogen-bond donors (Lipinski definition) is 0. The number of benzene rings is 1. The van der Waals surface area contributed by atoms with Gasteiger partial charge in [0.2, 0.25) is 0 Å². The van der Waals surface area contributed by atoms with Crippen LogP contribution in [0, 0.1) is 0 Å². The van der Waals surface area contributed by atoms with E-state index in [1.165, 1.54) is 0 Å². The van der Waals surface area contributed by atoms with Crippen molar-refractivity contribution in [2.75, 3.05) is 6.61 Å². The maximum Gasteiger partial charge on any atom is 1.00 e. The van der Waals surface area contributed by atoms with Crippen molar-refractivity contribution < 1.29 is 69.1 Å². The summed E-state index contributed by atoms with van der Waals surface area (Å²) in [6.45, 7) is 5.56. The van der Waals surface area contributed by atoms with Gasteiger partial charge in [0, 0.05) is 0 Å². The molecule has 0 radical (unpaired) electrons. The van der Waals surface area contributed by atoms with Crippen LogP contribution in [0.5, 0.6) is 5.75 Å². The summed E-state index contributed by atoms with van der Waals surface area (Å²) < 4.78 is 42.8. The molecular formula is C15H21BF3KO. The van der Waals surface area contributed by atoms with Crippen LogP contribution >= 0.6 is 0 Å². The van der Waals surface area contributed by atoms with Gasteiger partial charge in [-0.05, 0) is 29.0 Å². The molecule has 0 aliphatic heterocycles. The predicted molar refractivity (Wildman–Crippen MR) is 78.2 cm³/mol. The second-order valence-corrected chi connectivity index (χ2v) is 5.96. The van der Waals surface area contributed by atoms with E-state index in [1.807, 2.05) is 39.8 Å². The van der Waals surface area contributed by atoms with Crippen molar-refractivity contribution in [1.82, 2.24) is 0 Å². The fourth-order valence-corrected chi connectivity index (χ4v) is 1.77. The first-order valence-corrected chi connectivity index (χ1v) is 6.69. The van der Waals surface area contributed by atoms with Crippen LogP contribution in [0.25, 0.3) is 0 Å². The quantitative estimate of drug-likeness (QED) is 0.752. The summed E-state index contributed by atoms with van der Waals surface area (Å²) in [4.78, 5) is 0. The van der Waals surface area contributed by atoms with Gasteiger partial charge < -0.3 is 17.7 Å². The molecule has 0 saturated carbocycles. The van der Waals surface area contributed by atoms with Crippen LogP contribution in [0.2, 0.25) is 0 Å². The molecule has 0 spiro atoms. The average molecular weight is 324 g/mol. The van der Waals surface area contributed by atoms with Crippen molar-refractivity contribution in [2.24, 2.45) is 0 Å². The van der Waals surface area contributed by atoms with E-state index in [-0.39, 0.29) is 56.8 Å². The van der Waals surface area contributed by atoms with Crippen molar-refractivity contribution in [1.29, 1.82) is 0 Å². The summed E-state index contributed by atoms with van der Waals surface area (Å²) in [5.74, 6) is 0.496. The monoisotopic (exact) mass is 324 g/mol. The van der Waals surface area contributed by atoms with Gasteiger partial charge in [-0.15, -0.1) is 12.1 Å². The zero-order valence-corrected chi connectivity index (χ0v) is 16.6. The summed E-state index contributed by atoms with van der Waals surface area (Å²) in [5, 5.41) is 0. The van der Waals surface area contributed by atoms with Crippen LogP contribution in [0.1, 0.15) is 38.8 Å². The molecule has 0 N–H and O–H groups in total. The van der Waals surface area contributed by atoms with E-state index in [0.29, 0.717) is 5.75 Å². The molecule has 6 heteroatoms. The predicted octanol–water partition coefficient (Wildman–Crippen LogP) is 1.87. The second-order valence-electron chi connectivity index (χ2n) is 5.96. The standard InChI is InChI=1S/C15H21BF3O.K/c1-6-12-7-8-14(13(9-12)15(3,4)5)20-10-11(2)16(17,18)19;/h7-9H,2,6,10H2,1,3-5H3;/q-1;+1. The zero-order valence-electron chi connectivity index (χ0n) is 13.5. The van der Waals surface area contributed by atoms with E-state index < -0.39 is 19.1 Å². The maximum absolute atomic E-state index is 12.5. The minimum Gasteiger partial charge on any atom is -0.492 e. The molecule has 0 heterocycles. The fourth-order valence-electron chi connectivity index (χ4n) is 1.77. The van der Waals surface area contributed by atoms with Gasteiger partial charge in [-0.2, -0.15) is 0 Å². The molecule has 112 valence electrons. The Morgan fingerprint density at radius 2 is 1.81 bits per heavy atom. The molecule has 1 nitrogen and oxygen atoms in total. The van der Waals surface area contributed by atoms with Crippen LogP contribution in [0.3, 0.4) is 0 Å². The normalized spacial score (nSPS) is 11.8. The van der Waals surface area contributed by atoms with Crippen LogP contribution in [-0.2, 0) is 11.8 Å². The summed E-state index contributed by atoms with van der Waals surface area (Å²) in [5.41, 5.74) is 1.05. The van der Waals surface area contributed by atoms with Crippen LogP contribution < -0.4 is 56.1 Å². The van der Waals surface area contributed by atoms with Crippen molar-refractivity contribution >= 4 is 6.98 Å². The van der Waals surface area contributed by atoms with E-state index in [0.717, 1.165) is 17.5 Å². The van der Waals surface area contributed by atoms with Crippen molar-refractivity contribution in [2.45, 2.75) is 39.5 Å². The first kappa shape index (κ1) is 21.3. The molecule has 1 aromatic rings. The molecular weight excluding hydrogens is 303 g/mol. The number of rotatable bonds is 5. The smallest absolute Gasteiger partial charge is 0.492 e. The first-order chi connectivity index (χ1) is 9.05. The third-order valence-electron chi connectivity index (χ3n) is 3.14. The second kappa shape index (κ2) is 8.20. The molecule has 0 unspecified atom stereocenters. The summed E-state index contributed by atoms with van der Waals surface area (Å²) in [6, 6.07) is 5.62. The number of hydrogen-bond acceptors (Lipinski definition) is 1. The van der Waals surface area contributed by atoms with Gasteiger partial charge >= 0.3 is 58.4 Å². The van der Waals surface area contributed by atoms with Crippen LogP contribution in [0.4, 0.5) is 12.9 Å². The Morgan fingerprint density at radius 1 is 1.24 bits per heavy atom. The number of ether oxygens (including phenoxy) is 1. The van der Waals surface area contributed by atoms with Crippen LogP contribution in [-0.4, -0.2) is 13.6 Å². The Bertz CT molecular complexity index is 493. The Labute approximate surface area is 167 Å². The minimum atomic E-state index is -5.04. The molecule has 0 fully saturated rings. The number of aryl methyl sites for hydroxylation is 1. The van der Waals surface area contributed by atoms with Gasteiger partial charge in [-0.3, -0.25) is 0 Å². The first-order valence-electron chi connectivity index (χ1n) is 6.69. The van der Waals surface area contributed by atoms with E-state index in [4.69, 9.17) is 4.74 Å². The topological polar surface area (TPSA) is 9.23 Å². The van der Waals surface area contributed by atoms with E-state index >= 15 is 0 Å². The third-order valence-corrected chi connectivity index (χ3v) is 3.14. The third kappa shape index (κ3) is 6.49. The number of halogens is 3. The Morgan fingerprint density at radius 3 is 2.24 bits per heavy atom. The summed E-state index contributed by atoms with van der Waals surface area (Å²) >= 11 is 0. The molecule has 0 aliphatic carbocycles. The SMILES string of the molecule is C=C(COc1ccc(CC)cc1C(C)(C)C)[B-](F)(F)F.[K+]. The summed E-state index contributed by atoms with van der Waals surface area (Å²) in [6.07, 6.45) is 0.877. The molecule has 0 atom stereocenters. The van der Waals surface area contributed by atoms with Crippen LogP contribution in [0.15, 0.2) is 30.3 Å². The Balaban J connectivity index is 0.00000400. The molecule has 1 rings (SSSR count). The van der Waals surface area contributed by atoms with E-state index in [1.54, 1.807) is 6.07 Å². The van der Waals surface area contributed by atoms with Crippen molar-refractivity contribution in [3.8, 4) is 5.75 Å². The molecule has 0 saturated heterocycles. The minimum absolute atomic E-state index is 0. The van der Waals surface area contributed by atoms with Crippen molar-refractivity contribution in [3.63, 3.8) is 0 Å². The largest absolute Gasteiger partial charge is 1.00 e. The van der Waals surface area contributed by atoms with Gasteiger partial charge in [0.1, 0.15) is 5.75 Å². The molecule has 0 aliphatic rings. The zero-order chi connectivity index (χ0) is 15.6. The average Bonchev–Trinajstić information content (AvgIpc) is 2.33. The van der Waals surface area contributed by atoms with Gasteiger partial charge in [0.15, 0.2) is 0 Å². The van der Waals surface area contributed by atoms with Gasteiger partial charge in [-0.1, -0.05) is 39.8 Å². The molecule has 0 amide bonds. The molecule has 1 aromatic carbocycles. The van der Waals surface area contributed by atoms with Gasteiger partial charge in [0.05, 0.1) is 6.61 Å².